The molecule has 0 aromatic heterocycles. The second-order valence-corrected chi connectivity index (χ2v) is 10.1. The van der Waals surface area contributed by atoms with Crippen molar-refractivity contribution in [2.24, 2.45) is 28.6 Å². The van der Waals surface area contributed by atoms with Gasteiger partial charge in [0, 0.05) is 18.3 Å². The summed E-state index contributed by atoms with van der Waals surface area (Å²) in [6.07, 6.45) is 9.16. The average molecular weight is 358 g/mol. The van der Waals surface area contributed by atoms with Gasteiger partial charge in [0.25, 0.3) is 0 Å². The first-order valence-electron chi connectivity index (χ1n) is 10.4. The van der Waals surface area contributed by atoms with Crippen LogP contribution in [0, 0.1) is 28.6 Å². The number of fused-ring (bicyclic) bond motifs is 6. The van der Waals surface area contributed by atoms with Gasteiger partial charge >= 0.3 is 5.97 Å². The zero-order valence-electron chi connectivity index (χ0n) is 15.9. The first-order chi connectivity index (χ1) is 12.3. The summed E-state index contributed by atoms with van der Waals surface area (Å²) in [6, 6.07) is 0. The minimum Gasteiger partial charge on any atom is -0.458 e. The highest BCUT2D eigenvalue weighted by molar-refractivity contribution is 5.91. The molecular weight excluding hydrogens is 328 g/mol. The van der Waals surface area contributed by atoms with Crippen molar-refractivity contribution in [3.05, 3.63) is 11.6 Å². The quantitative estimate of drug-likeness (QED) is 0.673. The van der Waals surface area contributed by atoms with Crippen LogP contribution in [0.2, 0.25) is 0 Å². The Labute approximate surface area is 155 Å². The van der Waals surface area contributed by atoms with E-state index in [2.05, 4.69) is 13.8 Å². The van der Waals surface area contributed by atoms with Crippen molar-refractivity contribution in [2.75, 3.05) is 0 Å². The highest BCUT2D eigenvalue weighted by Crippen LogP contribution is 2.69. The molecule has 0 aromatic carbocycles. The number of carbonyl (C=O) groups excluding carboxylic acids is 2. The molecule has 4 nitrogen and oxygen atoms in total. The lowest BCUT2D eigenvalue weighted by molar-refractivity contribution is -0.184. The molecule has 5 rings (SSSR count). The van der Waals surface area contributed by atoms with E-state index >= 15 is 0 Å². The van der Waals surface area contributed by atoms with Crippen LogP contribution in [0.4, 0.5) is 0 Å². The number of carbonyl (C=O) groups is 2. The zero-order valence-corrected chi connectivity index (χ0v) is 15.9. The molecule has 4 heteroatoms. The molecule has 5 aliphatic rings. The molecule has 0 radical (unpaired) electrons. The Morgan fingerprint density at radius 3 is 2.62 bits per heavy atom. The number of ether oxygens (including phenoxy) is 1. The maximum absolute atomic E-state index is 11.9. The van der Waals surface area contributed by atoms with Crippen molar-refractivity contribution in [2.45, 2.75) is 83.3 Å². The fourth-order valence-corrected chi connectivity index (χ4v) is 7.97. The van der Waals surface area contributed by atoms with Crippen LogP contribution >= 0.6 is 0 Å². The summed E-state index contributed by atoms with van der Waals surface area (Å²) in [6.45, 7) is 4.56. The number of hydrogen-bond acceptors (Lipinski definition) is 4. The SMILES string of the molecule is CC12C[C@@H](O)C3[C@@H](CCC4=CC(=O)CC[C@@]43C)[C@@H]1CC[C@@]21CCC(=O)O1. The molecule has 4 aliphatic carbocycles. The maximum atomic E-state index is 11.9. The molecule has 7 atom stereocenters. The molecule has 0 amide bonds. The van der Waals surface area contributed by atoms with Gasteiger partial charge in [-0.15, -0.1) is 0 Å². The van der Waals surface area contributed by atoms with E-state index in [0.29, 0.717) is 24.7 Å². The molecule has 4 fully saturated rings. The highest BCUT2D eigenvalue weighted by atomic mass is 16.6. The Morgan fingerprint density at radius 1 is 1.08 bits per heavy atom. The van der Waals surface area contributed by atoms with E-state index in [0.717, 1.165) is 44.9 Å². The summed E-state index contributed by atoms with van der Waals surface area (Å²) >= 11 is 0. The van der Waals surface area contributed by atoms with E-state index in [1.807, 2.05) is 6.08 Å². The van der Waals surface area contributed by atoms with Crippen LogP contribution in [0.1, 0.15) is 71.6 Å². The van der Waals surface area contributed by atoms with Crippen molar-refractivity contribution in [3.8, 4) is 0 Å². The van der Waals surface area contributed by atoms with E-state index in [9.17, 15) is 14.7 Å². The second kappa shape index (κ2) is 5.21. The van der Waals surface area contributed by atoms with Crippen LogP contribution in [0.3, 0.4) is 0 Å². The van der Waals surface area contributed by atoms with Crippen molar-refractivity contribution in [3.63, 3.8) is 0 Å². The van der Waals surface area contributed by atoms with Crippen LogP contribution in [0.15, 0.2) is 11.6 Å². The standard InChI is InChI=1S/C22H30O4/c1-20-8-5-14(23)11-13(20)3-4-15-16-6-9-22(10-7-18(25)26-22)21(16,2)12-17(24)19(15)20/h11,15-17,19,24H,3-10,12H2,1-2H3/t15-,16-,17+,19?,20-,21?,22+/m0/s1. The molecule has 3 saturated carbocycles. The molecule has 1 spiro atoms. The summed E-state index contributed by atoms with van der Waals surface area (Å²) in [4.78, 5) is 23.9. The monoisotopic (exact) mass is 358 g/mol. The molecule has 0 aromatic rings. The van der Waals surface area contributed by atoms with Gasteiger partial charge in [-0.1, -0.05) is 19.4 Å². The van der Waals surface area contributed by atoms with Gasteiger partial charge in [0.2, 0.25) is 0 Å². The molecule has 2 unspecified atom stereocenters. The molecule has 0 bridgehead atoms. The highest BCUT2D eigenvalue weighted by Gasteiger charge is 2.68. The van der Waals surface area contributed by atoms with Gasteiger partial charge in [-0.2, -0.15) is 0 Å². The topological polar surface area (TPSA) is 63.6 Å². The third kappa shape index (κ3) is 1.95. The molecular formula is C22H30O4. The van der Waals surface area contributed by atoms with Crippen molar-refractivity contribution in [1.82, 2.24) is 0 Å². The van der Waals surface area contributed by atoms with Crippen LogP contribution < -0.4 is 0 Å². The lowest BCUT2D eigenvalue weighted by atomic mass is 9.45. The normalized spacial score (nSPS) is 53.0. The van der Waals surface area contributed by atoms with Crippen LogP contribution in [0.5, 0.6) is 0 Å². The number of aliphatic hydroxyl groups is 1. The van der Waals surface area contributed by atoms with E-state index in [4.69, 9.17) is 4.74 Å². The van der Waals surface area contributed by atoms with Gasteiger partial charge in [-0.3, -0.25) is 9.59 Å². The number of aliphatic hydroxyl groups excluding tert-OH is 1. The Bertz CT molecular complexity index is 711. The van der Waals surface area contributed by atoms with Gasteiger partial charge in [0.05, 0.1) is 6.10 Å². The summed E-state index contributed by atoms with van der Waals surface area (Å²) in [7, 11) is 0. The second-order valence-electron chi connectivity index (χ2n) is 10.1. The Balaban J connectivity index is 1.53. The van der Waals surface area contributed by atoms with Crippen molar-refractivity contribution in [1.29, 1.82) is 0 Å². The van der Waals surface area contributed by atoms with Gasteiger partial charge in [-0.25, -0.2) is 0 Å². The third-order valence-electron chi connectivity index (χ3n) is 9.23. The van der Waals surface area contributed by atoms with Crippen LogP contribution in [-0.4, -0.2) is 28.6 Å². The maximum Gasteiger partial charge on any atom is 0.306 e. The molecule has 26 heavy (non-hydrogen) atoms. The number of allylic oxidation sites excluding steroid dienone is 1. The van der Waals surface area contributed by atoms with Gasteiger partial charge in [0.1, 0.15) is 5.60 Å². The summed E-state index contributed by atoms with van der Waals surface area (Å²) in [5.41, 5.74) is 0.777. The fraction of sp³-hybridized carbons (Fsp3) is 0.818. The number of esters is 1. The third-order valence-corrected chi connectivity index (χ3v) is 9.23. The lowest BCUT2D eigenvalue weighted by Gasteiger charge is -2.60. The van der Waals surface area contributed by atoms with E-state index in [-0.39, 0.29) is 40.2 Å². The van der Waals surface area contributed by atoms with Crippen molar-refractivity contribution >= 4 is 11.8 Å². The van der Waals surface area contributed by atoms with Gasteiger partial charge in [0.15, 0.2) is 5.78 Å². The minimum atomic E-state index is -0.377. The summed E-state index contributed by atoms with van der Waals surface area (Å²) in [5, 5.41) is 11.3. The molecule has 1 aliphatic heterocycles. The molecule has 1 N–H and O–H groups in total. The Hall–Kier alpha value is -1.16. The number of ketones is 1. The summed E-state index contributed by atoms with van der Waals surface area (Å²) < 4.78 is 5.95. The van der Waals surface area contributed by atoms with Crippen molar-refractivity contribution < 1.29 is 19.4 Å². The van der Waals surface area contributed by atoms with Crippen LogP contribution in [-0.2, 0) is 14.3 Å². The van der Waals surface area contributed by atoms with Gasteiger partial charge in [-0.05, 0) is 74.2 Å². The van der Waals surface area contributed by atoms with E-state index < -0.39 is 0 Å². The largest absolute Gasteiger partial charge is 0.458 e. The van der Waals surface area contributed by atoms with E-state index in [1.54, 1.807) is 0 Å². The minimum absolute atomic E-state index is 0.0420. The number of hydrogen-bond donors (Lipinski definition) is 1. The van der Waals surface area contributed by atoms with E-state index in [1.165, 1.54) is 5.57 Å². The van der Waals surface area contributed by atoms with Crippen LogP contribution in [0.25, 0.3) is 0 Å². The Kier molecular flexibility index (Phi) is 3.40. The lowest BCUT2D eigenvalue weighted by Crippen LogP contribution is -2.59. The Morgan fingerprint density at radius 2 is 1.88 bits per heavy atom. The predicted octanol–water partition coefficient (Wildman–Crippen LogP) is 3.56. The molecule has 1 saturated heterocycles. The smallest absolute Gasteiger partial charge is 0.306 e. The summed E-state index contributed by atoms with van der Waals surface area (Å²) in [5.74, 6) is 1.41. The number of rotatable bonds is 0. The van der Waals surface area contributed by atoms with Gasteiger partial charge < -0.3 is 9.84 Å². The first kappa shape index (κ1) is 17.0. The first-order valence-corrected chi connectivity index (χ1v) is 10.4. The molecule has 1 heterocycles. The predicted molar refractivity (Wildman–Crippen MR) is 96.2 cm³/mol. The average Bonchev–Trinajstić information content (AvgIpc) is 3.09. The fourth-order valence-electron chi connectivity index (χ4n) is 7.97. The zero-order chi connectivity index (χ0) is 18.3. The molecule has 142 valence electrons.